The van der Waals surface area contributed by atoms with Crippen LogP contribution in [0.1, 0.15) is 21.5 Å². The van der Waals surface area contributed by atoms with Crippen molar-refractivity contribution in [2.75, 3.05) is 27.9 Å². The smallest absolute Gasteiger partial charge is 0.255 e. The van der Waals surface area contributed by atoms with Gasteiger partial charge in [0.1, 0.15) is 17.2 Å². The van der Waals surface area contributed by atoms with Gasteiger partial charge in [-0.1, -0.05) is 11.6 Å². The van der Waals surface area contributed by atoms with Crippen molar-refractivity contribution in [2.24, 2.45) is 0 Å². The summed E-state index contributed by atoms with van der Waals surface area (Å²) in [6.07, 6.45) is 0.639. The minimum absolute atomic E-state index is 0.155. The number of benzene rings is 2. The average molecular weight is 329 g/mol. The summed E-state index contributed by atoms with van der Waals surface area (Å²) in [5.41, 5.74) is 2.53. The van der Waals surface area contributed by atoms with E-state index >= 15 is 0 Å². The molecule has 0 atom stereocenters. The van der Waals surface area contributed by atoms with Gasteiger partial charge in [0.15, 0.2) is 0 Å². The molecular weight excluding hydrogens is 306 g/mol. The fourth-order valence-corrected chi connectivity index (χ4v) is 2.48. The number of carbonyl (C=O) groups is 1. The van der Waals surface area contributed by atoms with Gasteiger partial charge in [-0.3, -0.25) is 4.79 Å². The highest BCUT2D eigenvalue weighted by Gasteiger charge is 2.12. The molecule has 0 unspecified atom stereocenters. The first-order valence-corrected chi connectivity index (χ1v) is 7.72. The van der Waals surface area contributed by atoms with E-state index in [0.29, 0.717) is 24.3 Å². The van der Waals surface area contributed by atoms with Crippen LogP contribution >= 0.6 is 0 Å². The first-order chi connectivity index (χ1) is 11.6. The molecule has 2 aromatic rings. The second kappa shape index (κ2) is 8.24. The first-order valence-electron chi connectivity index (χ1n) is 7.72. The topological polar surface area (TPSA) is 56.8 Å². The number of amides is 1. The maximum atomic E-state index is 12.4. The molecule has 0 radical (unpaired) electrons. The van der Waals surface area contributed by atoms with E-state index in [1.807, 2.05) is 37.3 Å². The molecule has 2 rings (SSSR count). The molecule has 0 aliphatic heterocycles. The van der Waals surface area contributed by atoms with Gasteiger partial charge < -0.3 is 19.5 Å². The Kier molecular flexibility index (Phi) is 6.07. The quantitative estimate of drug-likeness (QED) is 0.848. The van der Waals surface area contributed by atoms with Crippen LogP contribution in [0.4, 0.5) is 0 Å². The largest absolute Gasteiger partial charge is 0.497 e. The lowest BCUT2D eigenvalue weighted by molar-refractivity contribution is 0.0951. The van der Waals surface area contributed by atoms with Gasteiger partial charge in [-0.25, -0.2) is 0 Å². The Morgan fingerprint density at radius 3 is 2.33 bits per heavy atom. The Morgan fingerprint density at radius 2 is 1.67 bits per heavy atom. The van der Waals surface area contributed by atoms with Crippen LogP contribution in [-0.4, -0.2) is 33.8 Å². The summed E-state index contributed by atoms with van der Waals surface area (Å²) in [6.45, 7) is 2.43. The second-order valence-electron chi connectivity index (χ2n) is 5.39. The summed E-state index contributed by atoms with van der Waals surface area (Å²) < 4.78 is 15.8. The minimum atomic E-state index is -0.155. The number of rotatable bonds is 7. The Bertz CT molecular complexity index is 713. The van der Waals surface area contributed by atoms with Crippen LogP contribution in [0.25, 0.3) is 0 Å². The van der Waals surface area contributed by atoms with E-state index in [2.05, 4.69) is 5.32 Å². The molecule has 0 bridgehead atoms. The molecule has 0 spiro atoms. The molecule has 0 aromatic heterocycles. The lowest BCUT2D eigenvalue weighted by atomic mass is 10.1. The minimum Gasteiger partial charge on any atom is -0.497 e. The Morgan fingerprint density at radius 1 is 0.958 bits per heavy atom. The number of methoxy groups -OCH3 is 3. The van der Waals surface area contributed by atoms with Crippen molar-refractivity contribution in [1.82, 2.24) is 5.32 Å². The molecule has 2 aromatic carbocycles. The predicted molar refractivity (Wildman–Crippen MR) is 93.3 cm³/mol. The number of carbonyl (C=O) groups excluding carboxylic acids is 1. The number of aryl methyl sites for hydroxylation is 1. The molecule has 1 amide bonds. The normalized spacial score (nSPS) is 10.2. The van der Waals surface area contributed by atoms with Crippen LogP contribution in [-0.2, 0) is 6.42 Å². The lowest BCUT2D eigenvalue weighted by Crippen LogP contribution is -2.26. The number of nitrogens with one attached hydrogen (secondary N) is 1. The molecule has 0 fully saturated rings. The van der Waals surface area contributed by atoms with Crippen LogP contribution in [0.2, 0.25) is 0 Å². The molecule has 0 aliphatic carbocycles. The van der Waals surface area contributed by atoms with Crippen molar-refractivity contribution < 1.29 is 19.0 Å². The van der Waals surface area contributed by atoms with Gasteiger partial charge in [0.05, 0.1) is 26.9 Å². The van der Waals surface area contributed by atoms with Crippen LogP contribution in [0, 0.1) is 6.92 Å². The van der Waals surface area contributed by atoms with Gasteiger partial charge >= 0.3 is 0 Å². The standard InChI is InChI=1S/C19H23NO4/c1-13-5-7-18(24-4)16(11-13)19(21)20-10-9-14-12-15(22-2)6-8-17(14)23-3/h5-8,11-12H,9-10H2,1-4H3,(H,20,21). The van der Waals surface area contributed by atoms with Crippen LogP contribution in [0.5, 0.6) is 17.2 Å². The lowest BCUT2D eigenvalue weighted by Gasteiger charge is -2.12. The summed E-state index contributed by atoms with van der Waals surface area (Å²) in [5, 5.41) is 2.92. The van der Waals surface area contributed by atoms with Crippen molar-refractivity contribution in [3.05, 3.63) is 53.1 Å². The fraction of sp³-hybridized carbons (Fsp3) is 0.316. The third kappa shape index (κ3) is 4.19. The Hall–Kier alpha value is -2.69. The van der Waals surface area contributed by atoms with E-state index in [1.165, 1.54) is 0 Å². The maximum Gasteiger partial charge on any atom is 0.255 e. The summed E-state index contributed by atoms with van der Waals surface area (Å²) in [7, 11) is 4.81. The first kappa shape index (κ1) is 17.7. The van der Waals surface area contributed by atoms with Gasteiger partial charge in [0, 0.05) is 6.54 Å². The SMILES string of the molecule is COc1ccc(OC)c(CCNC(=O)c2cc(C)ccc2OC)c1. The highest BCUT2D eigenvalue weighted by molar-refractivity contribution is 5.97. The average Bonchev–Trinajstić information content (AvgIpc) is 2.61. The third-order valence-corrected chi connectivity index (χ3v) is 3.77. The van der Waals surface area contributed by atoms with Crippen LogP contribution < -0.4 is 19.5 Å². The van der Waals surface area contributed by atoms with Crippen molar-refractivity contribution in [1.29, 1.82) is 0 Å². The fourth-order valence-electron chi connectivity index (χ4n) is 2.48. The molecular formula is C19H23NO4. The van der Waals surface area contributed by atoms with Crippen molar-refractivity contribution in [2.45, 2.75) is 13.3 Å². The molecule has 24 heavy (non-hydrogen) atoms. The van der Waals surface area contributed by atoms with Gasteiger partial charge in [0.2, 0.25) is 0 Å². The molecule has 0 heterocycles. The zero-order chi connectivity index (χ0) is 17.5. The molecule has 0 aliphatic rings. The van der Waals surface area contributed by atoms with Gasteiger partial charge in [0.25, 0.3) is 5.91 Å². The van der Waals surface area contributed by atoms with Crippen molar-refractivity contribution >= 4 is 5.91 Å². The van der Waals surface area contributed by atoms with Crippen LogP contribution in [0.15, 0.2) is 36.4 Å². The summed E-state index contributed by atoms with van der Waals surface area (Å²) >= 11 is 0. The highest BCUT2D eigenvalue weighted by atomic mass is 16.5. The van der Waals surface area contributed by atoms with E-state index < -0.39 is 0 Å². The predicted octanol–water partition coefficient (Wildman–Crippen LogP) is 2.99. The number of ether oxygens (including phenoxy) is 3. The van der Waals surface area contributed by atoms with Crippen molar-refractivity contribution in [3.8, 4) is 17.2 Å². The number of hydrogen-bond donors (Lipinski definition) is 1. The van der Waals surface area contributed by atoms with E-state index in [1.54, 1.807) is 27.4 Å². The van der Waals surface area contributed by atoms with E-state index in [0.717, 1.165) is 22.6 Å². The maximum absolute atomic E-state index is 12.4. The number of hydrogen-bond acceptors (Lipinski definition) is 4. The zero-order valence-electron chi connectivity index (χ0n) is 14.5. The van der Waals surface area contributed by atoms with Crippen molar-refractivity contribution in [3.63, 3.8) is 0 Å². The zero-order valence-corrected chi connectivity index (χ0v) is 14.5. The summed E-state index contributed by atoms with van der Waals surface area (Å²) in [4.78, 5) is 12.4. The monoisotopic (exact) mass is 329 g/mol. The van der Waals surface area contributed by atoms with Gasteiger partial charge in [-0.15, -0.1) is 0 Å². The molecule has 1 N–H and O–H groups in total. The second-order valence-corrected chi connectivity index (χ2v) is 5.39. The summed E-state index contributed by atoms with van der Waals surface area (Å²) in [5.74, 6) is 1.95. The Balaban J connectivity index is 2.04. The molecule has 0 saturated carbocycles. The van der Waals surface area contributed by atoms with Gasteiger partial charge in [-0.2, -0.15) is 0 Å². The third-order valence-electron chi connectivity index (χ3n) is 3.77. The molecule has 128 valence electrons. The molecule has 5 heteroatoms. The van der Waals surface area contributed by atoms with Gasteiger partial charge in [-0.05, 0) is 49.2 Å². The van der Waals surface area contributed by atoms with Crippen LogP contribution in [0.3, 0.4) is 0 Å². The molecule has 0 saturated heterocycles. The highest BCUT2D eigenvalue weighted by Crippen LogP contribution is 2.24. The van der Waals surface area contributed by atoms with E-state index in [-0.39, 0.29) is 5.91 Å². The summed E-state index contributed by atoms with van der Waals surface area (Å²) in [6, 6.07) is 11.2. The Labute approximate surface area is 142 Å². The van der Waals surface area contributed by atoms with E-state index in [4.69, 9.17) is 14.2 Å². The van der Waals surface area contributed by atoms with E-state index in [9.17, 15) is 4.79 Å². The molecule has 5 nitrogen and oxygen atoms in total.